The standard InChI is InChI=1S/C25H28N2O4/c1-29-23-11-18-7-8-27(13-20(18)12-24(23)30-2)14-21-15-31-25(26-21)19-4-3-17-10-22(28)6-5-16(17)9-19/h5,9,11-12,15,17H,3-4,6-8,10,13-14H2,1-2H3. The zero-order valence-electron chi connectivity index (χ0n) is 18.1. The number of nitrogens with zero attached hydrogens (tertiary/aromatic N) is 2. The van der Waals surface area contributed by atoms with Gasteiger partial charge < -0.3 is 13.9 Å². The average molecular weight is 421 g/mol. The molecule has 0 amide bonds. The number of rotatable bonds is 5. The lowest BCUT2D eigenvalue weighted by Crippen LogP contribution is -2.30. The van der Waals surface area contributed by atoms with E-state index in [1.165, 1.54) is 16.7 Å². The molecule has 0 bridgehead atoms. The second-order valence-corrected chi connectivity index (χ2v) is 8.64. The van der Waals surface area contributed by atoms with Gasteiger partial charge in [0.1, 0.15) is 12.0 Å². The molecular weight excluding hydrogens is 392 g/mol. The molecule has 0 spiro atoms. The first kappa shape index (κ1) is 20.1. The Labute approximate surface area is 182 Å². The van der Waals surface area contributed by atoms with Gasteiger partial charge in [0.15, 0.2) is 11.5 Å². The molecule has 6 heteroatoms. The molecule has 3 aliphatic rings. The molecule has 0 fully saturated rings. The lowest BCUT2D eigenvalue weighted by atomic mass is 9.78. The minimum Gasteiger partial charge on any atom is -0.493 e. The number of fused-ring (bicyclic) bond motifs is 2. The summed E-state index contributed by atoms with van der Waals surface area (Å²) in [6, 6.07) is 4.18. The molecule has 5 rings (SSSR count). The molecule has 1 aromatic carbocycles. The summed E-state index contributed by atoms with van der Waals surface area (Å²) >= 11 is 0. The third-order valence-corrected chi connectivity index (χ3v) is 6.62. The van der Waals surface area contributed by atoms with Crippen molar-refractivity contribution < 1.29 is 18.7 Å². The smallest absolute Gasteiger partial charge is 0.222 e. The topological polar surface area (TPSA) is 64.8 Å². The molecule has 1 unspecified atom stereocenters. The maximum absolute atomic E-state index is 11.7. The summed E-state index contributed by atoms with van der Waals surface area (Å²) in [7, 11) is 3.35. The normalized spacial score (nSPS) is 21.1. The van der Waals surface area contributed by atoms with Gasteiger partial charge in [0.05, 0.1) is 19.9 Å². The molecule has 2 aromatic rings. The first-order valence-electron chi connectivity index (χ1n) is 11.0. The van der Waals surface area contributed by atoms with E-state index in [2.05, 4.69) is 29.2 Å². The second kappa shape index (κ2) is 8.35. The Hall–Kier alpha value is -2.86. The van der Waals surface area contributed by atoms with E-state index in [1.807, 2.05) is 0 Å². The van der Waals surface area contributed by atoms with Gasteiger partial charge in [-0.05, 0) is 54.0 Å². The summed E-state index contributed by atoms with van der Waals surface area (Å²) in [5.41, 5.74) is 5.96. The summed E-state index contributed by atoms with van der Waals surface area (Å²) < 4.78 is 16.8. The van der Waals surface area contributed by atoms with Gasteiger partial charge in [0, 0.05) is 38.0 Å². The molecule has 0 N–H and O–H groups in total. The van der Waals surface area contributed by atoms with Gasteiger partial charge >= 0.3 is 0 Å². The van der Waals surface area contributed by atoms with E-state index in [4.69, 9.17) is 18.9 Å². The van der Waals surface area contributed by atoms with Crippen LogP contribution in [0, 0.1) is 5.92 Å². The first-order chi connectivity index (χ1) is 15.1. The van der Waals surface area contributed by atoms with Gasteiger partial charge in [-0.25, -0.2) is 4.98 Å². The molecular formula is C25H28N2O4. The van der Waals surface area contributed by atoms with Crippen molar-refractivity contribution in [1.29, 1.82) is 0 Å². The molecule has 31 heavy (non-hydrogen) atoms. The van der Waals surface area contributed by atoms with Crippen molar-refractivity contribution >= 4 is 11.4 Å². The monoisotopic (exact) mass is 420 g/mol. The molecule has 0 saturated carbocycles. The predicted octanol–water partition coefficient (Wildman–Crippen LogP) is 4.33. The van der Waals surface area contributed by atoms with E-state index < -0.39 is 0 Å². The maximum atomic E-state index is 11.7. The predicted molar refractivity (Wildman–Crippen MR) is 117 cm³/mol. The number of ether oxygens (including phenoxy) is 2. The number of allylic oxidation sites excluding steroid dienone is 4. The van der Waals surface area contributed by atoms with Gasteiger partial charge in [0.2, 0.25) is 5.89 Å². The van der Waals surface area contributed by atoms with Crippen LogP contribution in [0.25, 0.3) is 5.57 Å². The molecule has 2 aliphatic carbocycles. The van der Waals surface area contributed by atoms with E-state index >= 15 is 0 Å². The number of oxazole rings is 1. The fraction of sp³-hybridized carbons (Fsp3) is 0.440. The first-order valence-corrected chi connectivity index (χ1v) is 11.0. The lowest BCUT2D eigenvalue weighted by Gasteiger charge is -2.28. The summed E-state index contributed by atoms with van der Waals surface area (Å²) in [6.07, 6.45) is 10.2. The van der Waals surface area contributed by atoms with Crippen LogP contribution >= 0.6 is 0 Å². The summed E-state index contributed by atoms with van der Waals surface area (Å²) in [5.74, 6) is 3.01. The molecule has 0 saturated heterocycles. The number of methoxy groups -OCH3 is 2. The van der Waals surface area contributed by atoms with Crippen molar-refractivity contribution in [2.75, 3.05) is 20.8 Å². The van der Waals surface area contributed by atoms with Gasteiger partial charge in [-0.15, -0.1) is 0 Å². The van der Waals surface area contributed by atoms with Crippen LogP contribution in [-0.2, 0) is 24.3 Å². The average Bonchev–Trinajstić information content (AvgIpc) is 3.26. The highest BCUT2D eigenvalue weighted by Crippen LogP contribution is 2.38. The van der Waals surface area contributed by atoms with E-state index in [0.717, 1.165) is 67.6 Å². The van der Waals surface area contributed by atoms with Crippen molar-refractivity contribution in [2.45, 2.75) is 45.2 Å². The quantitative estimate of drug-likeness (QED) is 0.717. The summed E-state index contributed by atoms with van der Waals surface area (Å²) in [6.45, 7) is 2.57. The number of ketones is 1. The zero-order valence-corrected chi connectivity index (χ0v) is 18.1. The van der Waals surface area contributed by atoms with Crippen molar-refractivity contribution in [3.05, 3.63) is 58.8 Å². The Kier molecular flexibility index (Phi) is 5.40. The molecule has 1 aliphatic heterocycles. The number of hydrogen-bond donors (Lipinski definition) is 0. The van der Waals surface area contributed by atoms with Crippen LogP contribution in [0.4, 0.5) is 0 Å². The molecule has 1 aromatic heterocycles. The number of aromatic nitrogens is 1. The van der Waals surface area contributed by atoms with Crippen molar-refractivity contribution in [3.8, 4) is 11.5 Å². The van der Waals surface area contributed by atoms with E-state index in [0.29, 0.717) is 24.5 Å². The Morgan fingerprint density at radius 1 is 1.16 bits per heavy atom. The number of benzene rings is 1. The highest BCUT2D eigenvalue weighted by atomic mass is 16.5. The van der Waals surface area contributed by atoms with Gasteiger partial charge in [-0.2, -0.15) is 0 Å². The van der Waals surface area contributed by atoms with Crippen LogP contribution < -0.4 is 9.47 Å². The van der Waals surface area contributed by atoms with Crippen LogP contribution in [0.2, 0.25) is 0 Å². The number of carbonyl (C=O) groups is 1. The van der Waals surface area contributed by atoms with Crippen molar-refractivity contribution in [3.63, 3.8) is 0 Å². The molecule has 6 nitrogen and oxygen atoms in total. The van der Waals surface area contributed by atoms with Gasteiger partial charge in [0.25, 0.3) is 0 Å². The Balaban J connectivity index is 1.28. The highest BCUT2D eigenvalue weighted by molar-refractivity contribution is 5.83. The van der Waals surface area contributed by atoms with E-state index in [1.54, 1.807) is 20.5 Å². The third kappa shape index (κ3) is 4.04. The lowest BCUT2D eigenvalue weighted by molar-refractivity contribution is -0.119. The van der Waals surface area contributed by atoms with Crippen molar-refractivity contribution in [1.82, 2.24) is 9.88 Å². The van der Waals surface area contributed by atoms with Gasteiger partial charge in [-0.3, -0.25) is 9.69 Å². The minimum atomic E-state index is 0.350. The van der Waals surface area contributed by atoms with Gasteiger partial charge in [-0.1, -0.05) is 12.2 Å². The molecule has 162 valence electrons. The van der Waals surface area contributed by atoms with E-state index in [-0.39, 0.29) is 0 Å². The fourth-order valence-corrected chi connectivity index (χ4v) is 4.92. The number of Topliss-reactive ketones (excluding diaryl/α,β-unsaturated/α-hetero) is 1. The molecule has 0 radical (unpaired) electrons. The third-order valence-electron chi connectivity index (χ3n) is 6.62. The SMILES string of the molecule is COc1cc2c(cc1OC)CN(Cc1coc(C3=CC4=CCC(=O)CC4CC3)n1)CC2. The summed E-state index contributed by atoms with van der Waals surface area (Å²) in [5, 5.41) is 0. The highest BCUT2D eigenvalue weighted by Gasteiger charge is 2.27. The maximum Gasteiger partial charge on any atom is 0.222 e. The van der Waals surface area contributed by atoms with Crippen LogP contribution in [-0.4, -0.2) is 36.4 Å². The molecule has 1 atom stereocenters. The Morgan fingerprint density at radius 3 is 2.77 bits per heavy atom. The van der Waals surface area contributed by atoms with Crippen LogP contribution in [0.15, 0.2) is 40.5 Å². The minimum absolute atomic E-state index is 0.350. The fourth-order valence-electron chi connectivity index (χ4n) is 4.92. The van der Waals surface area contributed by atoms with Crippen LogP contribution in [0.1, 0.15) is 48.4 Å². The summed E-state index contributed by atoms with van der Waals surface area (Å²) in [4.78, 5) is 18.9. The van der Waals surface area contributed by atoms with Crippen LogP contribution in [0.3, 0.4) is 0 Å². The second-order valence-electron chi connectivity index (χ2n) is 8.64. The zero-order chi connectivity index (χ0) is 21.4. The van der Waals surface area contributed by atoms with E-state index in [9.17, 15) is 4.79 Å². The van der Waals surface area contributed by atoms with Crippen molar-refractivity contribution in [2.24, 2.45) is 5.92 Å². The number of hydrogen-bond acceptors (Lipinski definition) is 6. The van der Waals surface area contributed by atoms with Crippen LogP contribution in [0.5, 0.6) is 11.5 Å². The Bertz CT molecular complexity index is 1070. The largest absolute Gasteiger partial charge is 0.493 e. The Morgan fingerprint density at radius 2 is 1.97 bits per heavy atom. The molecule has 2 heterocycles. The number of carbonyl (C=O) groups excluding carboxylic acids is 1.